The molecule has 0 saturated heterocycles. The van der Waals surface area contributed by atoms with Crippen molar-refractivity contribution in [3.8, 4) is 0 Å². The second kappa shape index (κ2) is 5.45. The van der Waals surface area contributed by atoms with Gasteiger partial charge in [-0.25, -0.2) is 4.79 Å². The molecule has 1 aromatic carbocycles. The molecule has 0 aliphatic heterocycles. The molecule has 0 spiro atoms. The molecule has 2 aromatic rings. The second-order valence-corrected chi connectivity index (χ2v) is 5.07. The molecule has 0 bridgehead atoms. The third-order valence-corrected chi connectivity index (χ3v) is 3.77. The first-order chi connectivity index (χ1) is 9.79. The first-order valence-electron chi connectivity index (χ1n) is 6.96. The zero-order chi connectivity index (χ0) is 13.9. The maximum Gasteiger partial charge on any atom is 0.339 e. The summed E-state index contributed by atoms with van der Waals surface area (Å²) in [6.07, 6.45) is 8.68. The number of nitrogens with zero attached hydrogens (tertiary/aromatic N) is 1. The zero-order valence-corrected chi connectivity index (χ0v) is 11.6. The van der Waals surface area contributed by atoms with Crippen LogP contribution in [0.25, 0.3) is 16.5 Å². The zero-order valence-electron chi connectivity index (χ0n) is 11.6. The molecule has 1 heterocycles. The van der Waals surface area contributed by atoms with Gasteiger partial charge in [0.15, 0.2) is 0 Å². The molecule has 3 heteroatoms. The Morgan fingerprint density at radius 2 is 2.20 bits per heavy atom. The molecule has 20 heavy (non-hydrogen) atoms. The van der Waals surface area contributed by atoms with Crippen molar-refractivity contribution in [3.05, 3.63) is 47.7 Å². The summed E-state index contributed by atoms with van der Waals surface area (Å²) in [5.74, 6) is -0.346. The van der Waals surface area contributed by atoms with E-state index >= 15 is 0 Å². The fourth-order valence-corrected chi connectivity index (χ4v) is 2.73. The Balaban J connectivity index is 2.11. The van der Waals surface area contributed by atoms with Gasteiger partial charge in [0.2, 0.25) is 0 Å². The van der Waals surface area contributed by atoms with E-state index in [2.05, 4.69) is 17.1 Å². The summed E-state index contributed by atoms with van der Waals surface area (Å²) < 4.78 is 4.74. The summed E-state index contributed by atoms with van der Waals surface area (Å²) in [5, 5.41) is 0.983. The highest BCUT2D eigenvalue weighted by Gasteiger charge is 2.12. The Morgan fingerprint density at radius 3 is 2.95 bits per heavy atom. The van der Waals surface area contributed by atoms with E-state index in [4.69, 9.17) is 4.74 Å². The van der Waals surface area contributed by atoms with E-state index in [1.54, 1.807) is 6.20 Å². The number of allylic oxidation sites excluding steroid dienone is 2. The van der Waals surface area contributed by atoms with Crippen LogP contribution in [0.1, 0.15) is 41.6 Å². The van der Waals surface area contributed by atoms with Crippen LogP contribution in [-0.4, -0.2) is 18.1 Å². The van der Waals surface area contributed by atoms with Crippen molar-refractivity contribution in [3.63, 3.8) is 0 Å². The van der Waals surface area contributed by atoms with Crippen LogP contribution in [0.15, 0.2) is 36.5 Å². The minimum atomic E-state index is -0.346. The van der Waals surface area contributed by atoms with Gasteiger partial charge in [-0.3, -0.25) is 4.98 Å². The van der Waals surface area contributed by atoms with Crippen LogP contribution >= 0.6 is 0 Å². The van der Waals surface area contributed by atoms with Gasteiger partial charge < -0.3 is 4.74 Å². The lowest BCUT2D eigenvalue weighted by Gasteiger charge is -2.14. The molecule has 1 aromatic heterocycles. The Hall–Kier alpha value is -2.16. The number of pyridine rings is 1. The molecular formula is C17H17NO2. The van der Waals surface area contributed by atoms with Crippen molar-refractivity contribution in [2.24, 2.45) is 0 Å². The van der Waals surface area contributed by atoms with Crippen LogP contribution in [0.2, 0.25) is 0 Å². The summed E-state index contributed by atoms with van der Waals surface area (Å²) in [4.78, 5) is 16.1. The predicted octanol–water partition coefficient (Wildman–Crippen LogP) is 3.98. The van der Waals surface area contributed by atoms with Gasteiger partial charge in [-0.2, -0.15) is 0 Å². The highest BCUT2D eigenvalue weighted by atomic mass is 16.5. The van der Waals surface area contributed by atoms with Crippen LogP contribution in [-0.2, 0) is 4.74 Å². The second-order valence-electron chi connectivity index (χ2n) is 5.07. The van der Waals surface area contributed by atoms with Gasteiger partial charge in [-0.15, -0.1) is 0 Å². The number of methoxy groups -OCH3 is 1. The molecule has 3 nitrogen and oxygen atoms in total. The fraction of sp³-hybridized carbons (Fsp3) is 0.294. The molecule has 0 saturated carbocycles. The maximum atomic E-state index is 11.6. The molecule has 0 N–H and O–H groups in total. The number of para-hydroxylation sites is 1. The van der Waals surface area contributed by atoms with E-state index in [0.717, 1.165) is 23.7 Å². The van der Waals surface area contributed by atoms with Crippen LogP contribution in [0.4, 0.5) is 0 Å². The number of hydrogen-bond donors (Lipinski definition) is 0. The molecule has 0 atom stereocenters. The van der Waals surface area contributed by atoms with Crippen molar-refractivity contribution in [1.82, 2.24) is 4.98 Å². The van der Waals surface area contributed by atoms with Crippen LogP contribution < -0.4 is 0 Å². The predicted molar refractivity (Wildman–Crippen MR) is 79.5 cm³/mol. The van der Waals surface area contributed by atoms with E-state index in [-0.39, 0.29) is 5.97 Å². The molecule has 0 amide bonds. The third kappa shape index (κ3) is 2.31. The van der Waals surface area contributed by atoms with Crippen molar-refractivity contribution in [1.29, 1.82) is 0 Å². The summed E-state index contributed by atoms with van der Waals surface area (Å²) in [6.45, 7) is 0. The van der Waals surface area contributed by atoms with Crippen LogP contribution in [0, 0.1) is 0 Å². The number of rotatable bonds is 2. The van der Waals surface area contributed by atoms with Crippen LogP contribution in [0.3, 0.4) is 0 Å². The lowest BCUT2D eigenvalue weighted by Crippen LogP contribution is -2.02. The monoisotopic (exact) mass is 267 g/mol. The summed E-state index contributed by atoms with van der Waals surface area (Å²) >= 11 is 0. The minimum absolute atomic E-state index is 0.346. The summed E-state index contributed by atoms with van der Waals surface area (Å²) in [5.41, 5.74) is 4.03. The molecule has 3 rings (SSSR count). The van der Waals surface area contributed by atoms with E-state index in [9.17, 15) is 4.79 Å². The van der Waals surface area contributed by atoms with Gasteiger partial charge in [0.1, 0.15) is 0 Å². The van der Waals surface area contributed by atoms with E-state index in [1.165, 1.54) is 31.1 Å². The molecular weight excluding hydrogens is 250 g/mol. The maximum absolute atomic E-state index is 11.6. The van der Waals surface area contributed by atoms with Crippen LogP contribution in [0.5, 0.6) is 0 Å². The van der Waals surface area contributed by atoms with E-state index < -0.39 is 0 Å². The number of esters is 1. The number of carbonyl (C=O) groups is 1. The quantitative estimate of drug-likeness (QED) is 0.773. The van der Waals surface area contributed by atoms with Gasteiger partial charge >= 0.3 is 5.97 Å². The number of fused-ring (bicyclic) bond motifs is 1. The average Bonchev–Trinajstić information content (AvgIpc) is 2.53. The van der Waals surface area contributed by atoms with Gasteiger partial charge in [-0.05, 0) is 37.3 Å². The minimum Gasteiger partial charge on any atom is -0.465 e. The Labute approximate surface area is 118 Å². The van der Waals surface area contributed by atoms with Crippen molar-refractivity contribution in [2.75, 3.05) is 7.11 Å². The van der Waals surface area contributed by atoms with E-state index in [1.807, 2.05) is 18.2 Å². The largest absolute Gasteiger partial charge is 0.465 e. The van der Waals surface area contributed by atoms with Gasteiger partial charge in [0, 0.05) is 17.1 Å². The van der Waals surface area contributed by atoms with Gasteiger partial charge in [0.05, 0.1) is 18.2 Å². The first kappa shape index (κ1) is 12.9. The number of ether oxygens (including phenoxy) is 1. The Morgan fingerprint density at radius 1 is 1.30 bits per heavy atom. The lowest BCUT2D eigenvalue weighted by molar-refractivity contribution is 0.0600. The van der Waals surface area contributed by atoms with Crippen molar-refractivity contribution in [2.45, 2.75) is 25.7 Å². The lowest BCUT2D eigenvalue weighted by atomic mass is 9.92. The standard InChI is InChI=1S/C17H17NO2/c1-20-17(19)14-10-13-8-5-9-15(16(13)18-11-14)12-6-3-2-4-7-12/h5-6,8-11H,2-4,7H2,1H3. The third-order valence-electron chi connectivity index (χ3n) is 3.77. The summed E-state index contributed by atoms with van der Waals surface area (Å²) in [7, 11) is 1.38. The van der Waals surface area contributed by atoms with Gasteiger partial charge in [-0.1, -0.05) is 24.3 Å². The topological polar surface area (TPSA) is 39.2 Å². The Kier molecular flexibility index (Phi) is 3.50. The number of aromatic nitrogens is 1. The SMILES string of the molecule is COC(=O)c1cnc2c(C3=CCCCC3)cccc2c1. The number of benzene rings is 1. The summed E-state index contributed by atoms with van der Waals surface area (Å²) in [6, 6.07) is 7.98. The molecule has 1 aliphatic rings. The highest BCUT2D eigenvalue weighted by molar-refractivity contribution is 5.97. The average molecular weight is 267 g/mol. The number of hydrogen-bond acceptors (Lipinski definition) is 3. The molecule has 102 valence electrons. The Bertz CT molecular complexity index is 688. The molecule has 0 unspecified atom stereocenters. The first-order valence-corrected chi connectivity index (χ1v) is 6.96. The highest BCUT2D eigenvalue weighted by Crippen LogP contribution is 2.31. The van der Waals surface area contributed by atoms with Crippen molar-refractivity contribution >= 4 is 22.4 Å². The normalized spacial score (nSPS) is 14.9. The van der Waals surface area contributed by atoms with Gasteiger partial charge in [0.25, 0.3) is 0 Å². The molecule has 1 aliphatic carbocycles. The smallest absolute Gasteiger partial charge is 0.339 e. The van der Waals surface area contributed by atoms with E-state index in [0.29, 0.717) is 5.56 Å². The number of carbonyl (C=O) groups excluding carboxylic acids is 1. The van der Waals surface area contributed by atoms with Crippen molar-refractivity contribution < 1.29 is 9.53 Å². The molecule has 0 fully saturated rings. The fourth-order valence-electron chi connectivity index (χ4n) is 2.73. The molecule has 0 radical (unpaired) electrons.